The Bertz CT molecular complexity index is 2480. The van der Waals surface area contributed by atoms with Crippen LogP contribution in [0.5, 0.6) is 0 Å². The molecule has 7 aromatic carbocycles. The summed E-state index contributed by atoms with van der Waals surface area (Å²) in [5.74, 6) is 0.680. The van der Waals surface area contributed by atoms with Gasteiger partial charge in [0.1, 0.15) is 22.3 Å². The molecule has 2 aromatic heterocycles. The third-order valence-electron chi connectivity index (χ3n) is 10.7. The quantitative estimate of drug-likeness (QED) is 0.180. The van der Waals surface area contributed by atoms with E-state index in [-0.39, 0.29) is 0 Å². The van der Waals surface area contributed by atoms with Crippen molar-refractivity contribution >= 4 is 60.9 Å². The van der Waals surface area contributed by atoms with Gasteiger partial charge in [-0.25, -0.2) is 0 Å². The Hall–Kier alpha value is -6.06. The van der Waals surface area contributed by atoms with Gasteiger partial charge in [-0.1, -0.05) is 110 Å². The van der Waals surface area contributed by atoms with E-state index in [9.17, 15) is 0 Å². The van der Waals surface area contributed by atoms with E-state index >= 15 is 0 Å². The molecule has 0 radical (unpaired) electrons. The smallest absolute Gasteiger partial charge is 0.136 e. The number of hydrogen-bond donors (Lipinski definition) is 0. The van der Waals surface area contributed by atoms with E-state index in [4.69, 9.17) is 8.83 Å². The molecule has 10 rings (SSSR count). The molecule has 0 unspecified atom stereocenters. The fourth-order valence-electron chi connectivity index (χ4n) is 8.21. The summed E-state index contributed by atoms with van der Waals surface area (Å²) in [6, 6.07) is 56.5. The van der Waals surface area contributed by atoms with E-state index in [1.165, 1.54) is 53.5 Å². The molecule has 0 spiro atoms. The van der Waals surface area contributed by atoms with Crippen LogP contribution in [-0.4, -0.2) is 0 Å². The molecular weight excluding hydrogens is 611 g/mol. The van der Waals surface area contributed by atoms with Gasteiger partial charge in [-0.05, 0) is 107 Å². The van der Waals surface area contributed by atoms with Gasteiger partial charge in [-0.2, -0.15) is 0 Å². The standard InChI is InChI=1S/C47H35NO2/c1-2-10-31(9-1)32-19-25-35(26-20-32)48(36-27-21-33(22-28-36)38-13-7-17-44-46(38)40-11-3-5-15-42(40)49-44)37-29-23-34(24-30-37)39-14-8-18-45-47(39)41-12-4-6-16-43(41)50-45/h3-8,11-31H,1-2,9-10H2. The largest absolute Gasteiger partial charge is 0.456 e. The Morgan fingerprint density at radius 3 is 1.30 bits per heavy atom. The van der Waals surface area contributed by atoms with Crippen LogP contribution in [0.4, 0.5) is 17.1 Å². The fraction of sp³-hybridized carbons (Fsp3) is 0.106. The van der Waals surface area contributed by atoms with Crippen molar-refractivity contribution in [3.8, 4) is 22.3 Å². The summed E-state index contributed by atoms with van der Waals surface area (Å²) in [5, 5.41) is 4.60. The average Bonchev–Trinajstić information content (AvgIpc) is 3.94. The molecule has 240 valence electrons. The van der Waals surface area contributed by atoms with E-state index in [1.807, 2.05) is 24.3 Å². The van der Waals surface area contributed by atoms with Gasteiger partial charge in [0.2, 0.25) is 0 Å². The first kappa shape index (κ1) is 28.9. The topological polar surface area (TPSA) is 29.5 Å². The molecule has 1 saturated carbocycles. The third-order valence-corrected chi connectivity index (χ3v) is 10.7. The summed E-state index contributed by atoms with van der Waals surface area (Å²) in [5.41, 5.74) is 13.2. The van der Waals surface area contributed by atoms with Crippen LogP contribution in [0.3, 0.4) is 0 Å². The fourth-order valence-corrected chi connectivity index (χ4v) is 8.21. The van der Waals surface area contributed by atoms with Crippen molar-refractivity contribution in [2.45, 2.75) is 31.6 Å². The van der Waals surface area contributed by atoms with Crippen LogP contribution in [0.25, 0.3) is 66.1 Å². The zero-order valence-corrected chi connectivity index (χ0v) is 27.7. The van der Waals surface area contributed by atoms with Crippen molar-refractivity contribution in [1.29, 1.82) is 0 Å². The molecule has 3 nitrogen and oxygen atoms in total. The number of para-hydroxylation sites is 2. The van der Waals surface area contributed by atoms with Crippen LogP contribution >= 0.6 is 0 Å². The second kappa shape index (κ2) is 11.8. The first-order chi connectivity index (χ1) is 24.8. The highest BCUT2D eigenvalue weighted by atomic mass is 16.3. The van der Waals surface area contributed by atoms with Crippen LogP contribution < -0.4 is 4.90 Å². The van der Waals surface area contributed by atoms with Crippen molar-refractivity contribution in [3.63, 3.8) is 0 Å². The lowest BCUT2D eigenvalue weighted by atomic mass is 9.97. The molecule has 0 saturated heterocycles. The van der Waals surface area contributed by atoms with E-state index in [0.29, 0.717) is 5.92 Å². The van der Waals surface area contributed by atoms with Crippen LogP contribution in [0.2, 0.25) is 0 Å². The van der Waals surface area contributed by atoms with E-state index < -0.39 is 0 Å². The number of nitrogens with zero attached hydrogens (tertiary/aromatic N) is 1. The molecule has 2 heterocycles. The third kappa shape index (κ3) is 4.81. The lowest BCUT2D eigenvalue weighted by Gasteiger charge is -2.26. The molecule has 0 aliphatic heterocycles. The molecule has 0 atom stereocenters. The van der Waals surface area contributed by atoms with Gasteiger partial charge in [-0.3, -0.25) is 0 Å². The highest BCUT2D eigenvalue weighted by molar-refractivity contribution is 6.13. The molecule has 0 amide bonds. The van der Waals surface area contributed by atoms with Crippen molar-refractivity contribution in [2.75, 3.05) is 4.90 Å². The summed E-state index contributed by atoms with van der Waals surface area (Å²) < 4.78 is 12.4. The second-order valence-corrected chi connectivity index (χ2v) is 13.6. The minimum Gasteiger partial charge on any atom is -0.456 e. The summed E-state index contributed by atoms with van der Waals surface area (Å²) in [6.07, 6.45) is 5.26. The number of furan rings is 2. The van der Waals surface area contributed by atoms with E-state index in [0.717, 1.165) is 60.9 Å². The molecule has 0 bridgehead atoms. The number of rotatable bonds is 6. The molecule has 0 N–H and O–H groups in total. The zero-order chi connectivity index (χ0) is 33.0. The molecule has 1 fully saturated rings. The summed E-state index contributed by atoms with van der Waals surface area (Å²) >= 11 is 0. The Labute approximate surface area is 291 Å². The van der Waals surface area contributed by atoms with Gasteiger partial charge in [-0.15, -0.1) is 0 Å². The molecular formula is C47H35NO2. The molecule has 1 aliphatic rings. The van der Waals surface area contributed by atoms with Gasteiger partial charge < -0.3 is 13.7 Å². The first-order valence-electron chi connectivity index (χ1n) is 17.7. The monoisotopic (exact) mass is 645 g/mol. The van der Waals surface area contributed by atoms with Crippen LogP contribution in [0.15, 0.2) is 167 Å². The van der Waals surface area contributed by atoms with E-state index in [1.54, 1.807) is 0 Å². The van der Waals surface area contributed by atoms with Crippen molar-refractivity contribution in [1.82, 2.24) is 0 Å². The van der Waals surface area contributed by atoms with Crippen LogP contribution in [0.1, 0.15) is 37.2 Å². The Morgan fingerprint density at radius 2 is 0.820 bits per heavy atom. The molecule has 3 heteroatoms. The maximum absolute atomic E-state index is 6.21. The minimum absolute atomic E-state index is 0.680. The number of benzene rings is 7. The predicted molar refractivity (Wildman–Crippen MR) is 208 cm³/mol. The maximum Gasteiger partial charge on any atom is 0.136 e. The zero-order valence-electron chi connectivity index (χ0n) is 27.7. The number of anilines is 3. The van der Waals surface area contributed by atoms with Gasteiger partial charge in [0, 0.05) is 38.6 Å². The SMILES string of the molecule is c1ccc2c(c1)oc1cccc(-c3ccc(N(c4ccc(-c5cccc6oc7ccccc7c56)cc4)c4ccc(C5CCCC5)cc4)cc3)c12. The Morgan fingerprint density at radius 1 is 0.400 bits per heavy atom. The van der Waals surface area contributed by atoms with Gasteiger partial charge >= 0.3 is 0 Å². The average molecular weight is 646 g/mol. The summed E-state index contributed by atoms with van der Waals surface area (Å²) in [6.45, 7) is 0. The van der Waals surface area contributed by atoms with Crippen LogP contribution in [0, 0.1) is 0 Å². The molecule has 1 aliphatic carbocycles. The van der Waals surface area contributed by atoms with Gasteiger partial charge in [0.15, 0.2) is 0 Å². The molecule has 9 aromatic rings. The highest BCUT2D eigenvalue weighted by Gasteiger charge is 2.20. The molecule has 50 heavy (non-hydrogen) atoms. The lowest BCUT2D eigenvalue weighted by Crippen LogP contribution is -2.10. The normalized spacial score (nSPS) is 13.6. The summed E-state index contributed by atoms with van der Waals surface area (Å²) in [4.78, 5) is 2.37. The highest BCUT2D eigenvalue weighted by Crippen LogP contribution is 2.42. The number of hydrogen-bond acceptors (Lipinski definition) is 3. The van der Waals surface area contributed by atoms with Crippen molar-refractivity contribution in [3.05, 3.63) is 163 Å². The first-order valence-corrected chi connectivity index (χ1v) is 17.7. The maximum atomic E-state index is 6.21. The lowest BCUT2D eigenvalue weighted by molar-refractivity contribution is 0.668. The number of fused-ring (bicyclic) bond motifs is 6. The predicted octanol–water partition coefficient (Wildman–Crippen LogP) is 13.9. The van der Waals surface area contributed by atoms with Crippen molar-refractivity contribution < 1.29 is 8.83 Å². The van der Waals surface area contributed by atoms with Crippen LogP contribution in [-0.2, 0) is 0 Å². The Kier molecular flexibility index (Phi) is 6.83. The van der Waals surface area contributed by atoms with Gasteiger partial charge in [0.25, 0.3) is 0 Å². The summed E-state index contributed by atoms with van der Waals surface area (Å²) in [7, 11) is 0. The van der Waals surface area contributed by atoms with Crippen molar-refractivity contribution in [2.24, 2.45) is 0 Å². The Balaban J connectivity index is 1.06. The second-order valence-electron chi connectivity index (χ2n) is 13.6. The minimum atomic E-state index is 0.680. The van der Waals surface area contributed by atoms with E-state index in [2.05, 4.69) is 138 Å². The van der Waals surface area contributed by atoms with Gasteiger partial charge in [0.05, 0.1) is 0 Å².